The molecule has 0 radical (unpaired) electrons. The lowest BCUT2D eigenvalue weighted by molar-refractivity contribution is -0.142. The average molecular weight is 584 g/mol. The van der Waals surface area contributed by atoms with E-state index in [0.29, 0.717) is 17.9 Å². The van der Waals surface area contributed by atoms with Crippen LogP contribution in [0.25, 0.3) is 0 Å². The molecule has 0 saturated carbocycles. The maximum Gasteiger partial charge on any atom is 0.243 e. The fraction of sp³-hybridized carbons (Fsp3) is 0.355. The molecule has 3 aromatic rings. The largest absolute Gasteiger partial charge is 0.350 e. The van der Waals surface area contributed by atoms with Crippen molar-refractivity contribution in [3.05, 3.63) is 101 Å². The summed E-state index contributed by atoms with van der Waals surface area (Å²) in [4.78, 5) is 29.2. The van der Waals surface area contributed by atoms with Crippen molar-refractivity contribution in [2.24, 2.45) is 0 Å². The van der Waals surface area contributed by atoms with E-state index in [1.165, 1.54) is 11.4 Å². The van der Waals surface area contributed by atoms with Crippen molar-refractivity contribution >= 4 is 33.4 Å². The van der Waals surface area contributed by atoms with Crippen LogP contribution < -0.4 is 5.32 Å². The monoisotopic (exact) mass is 583 g/mol. The SMILES string of the molecule is CN(CCCC(=O)N(Cc1cccc(Cl)c1)[C@@H](Cc1ccccc1)C(=O)NC(C)(C)C)S(=O)(=O)c1ccccc1. The van der Waals surface area contributed by atoms with E-state index in [9.17, 15) is 18.0 Å². The van der Waals surface area contributed by atoms with Crippen molar-refractivity contribution in [1.82, 2.24) is 14.5 Å². The lowest BCUT2D eigenvalue weighted by Gasteiger charge is -2.34. The van der Waals surface area contributed by atoms with Crippen LogP contribution in [-0.4, -0.2) is 54.6 Å². The molecule has 40 heavy (non-hydrogen) atoms. The van der Waals surface area contributed by atoms with Gasteiger partial charge in [-0.1, -0.05) is 72.3 Å². The molecular formula is C31H38ClN3O4S. The highest BCUT2D eigenvalue weighted by Crippen LogP contribution is 2.20. The molecule has 2 amide bonds. The zero-order valence-electron chi connectivity index (χ0n) is 23.5. The van der Waals surface area contributed by atoms with Gasteiger partial charge in [-0.15, -0.1) is 0 Å². The fourth-order valence-corrected chi connectivity index (χ4v) is 5.77. The third-order valence-electron chi connectivity index (χ3n) is 6.33. The summed E-state index contributed by atoms with van der Waals surface area (Å²) in [6.07, 6.45) is 0.701. The number of carbonyl (C=O) groups is 2. The van der Waals surface area contributed by atoms with Crippen LogP contribution in [0.5, 0.6) is 0 Å². The summed E-state index contributed by atoms with van der Waals surface area (Å²) in [5.41, 5.74) is 1.23. The Bertz CT molecular complexity index is 1380. The normalized spacial score (nSPS) is 12.7. The van der Waals surface area contributed by atoms with Gasteiger partial charge in [0.05, 0.1) is 4.90 Å². The minimum atomic E-state index is -3.67. The maximum atomic E-state index is 13.8. The van der Waals surface area contributed by atoms with E-state index in [2.05, 4.69) is 5.32 Å². The summed E-state index contributed by atoms with van der Waals surface area (Å²) < 4.78 is 27.1. The van der Waals surface area contributed by atoms with Crippen molar-refractivity contribution in [3.63, 3.8) is 0 Å². The lowest BCUT2D eigenvalue weighted by Crippen LogP contribution is -2.54. The van der Waals surface area contributed by atoms with Gasteiger partial charge in [0.1, 0.15) is 6.04 Å². The zero-order valence-corrected chi connectivity index (χ0v) is 25.1. The number of nitrogens with one attached hydrogen (secondary N) is 1. The Kier molecular flexibility index (Phi) is 10.9. The van der Waals surface area contributed by atoms with E-state index in [1.54, 1.807) is 47.4 Å². The Morgan fingerprint density at radius 1 is 0.900 bits per heavy atom. The minimum absolute atomic E-state index is 0.0727. The van der Waals surface area contributed by atoms with Crippen LogP contribution in [0.2, 0.25) is 5.02 Å². The Hall–Kier alpha value is -3.20. The van der Waals surface area contributed by atoms with Gasteiger partial charge >= 0.3 is 0 Å². The second kappa shape index (κ2) is 13.9. The molecule has 0 spiro atoms. The topological polar surface area (TPSA) is 86.8 Å². The van der Waals surface area contributed by atoms with E-state index in [-0.39, 0.29) is 36.2 Å². The first-order valence-corrected chi connectivity index (χ1v) is 15.1. The number of rotatable bonds is 12. The van der Waals surface area contributed by atoms with Crippen LogP contribution in [0.15, 0.2) is 89.8 Å². The number of amides is 2. The molecule has 0 aliphatic heterocycles. The van der Waals surface area contributed by atoms with Crippen molar-refractivity contribution in [2.75, 3.05) is 13.6 Å². The zero-order chi connectivity index (χ0) is 29.3. The molecule has 0 heterocycles. The Balaban J connectivity index is 1.85. The highest BCUT2D eigenvalue weighted by Gasteiger charge is 2.32. The van der Waals surface area contributed by atoms with Gasteiger partial charge in [-0.2, -0.15) is 0 Å². The molecule has 0 bridgehead atoms. The maximum absolute atomic E-state index is 13.8. The van der Waals surface area contributed by atoms with Gasteiger partial charge < -0.3 is 10.2 Å². The van der Waals surface area contributed by atoms with Gasteiger partial charge in [-0.05, 0) is 62.6 Å². The molecule has 214 valence electrons. The first kappa shape index (κ1) is 31.3. The fourth-order valence-electron chi connectivity index (χ4n) is 4.33. The van der Waals surface area contributed by atoms with Gasteiger partial charge in [0, 0.05) is 43.5 Å². The number of hydrogen-bond donors (Lipinski definition) is 1. The standard InChI is InChI=1S/C31H38ClN3O4S/c1-31(2,3)33-30(37)28(22-24-13-7-5-8-14-24)35(23-25-15-11-16-26(32)21-25)29(36)19-12-20-34(4)40(38,39)27-17-9-6-10-18-27/h5-11,13-18,21,28H,12,19-20,22-23H2,1-4H3,(H,33,37)/t28-/m0/s1. The predicted octanol–water partition coefficient (Wildman–Crippen LogP) is 5.30. The van der Waals surface area contributed by atoms with Crippen LogP contribution >= 0.6 is 11.6 Å². The quantitative estimate of drug-likeness (QED) is 0.314. The summed E-state index contributed by atoms with van der Waals surface area (Å²) in [5.74, 6) is -0.494. The molecule has 0 aromatic heterocycles. The third-order valence-corrected chi connectivity index (χ3v) is 8.43. The van der Waals surface area contributed by atoms with Crippen LogP contribution in [0.1, 0.15) is 44.7 Å². The summed E-state index contributed by atoms with van der Waals surface area (Å²) in [6.45, 7) is 6.04. The molecule has 0 aliphatic carbocycles. The molecule has 9 heteroatoms. The van der Waals surface area contributed by atoms with E-state index in [1.807, 2.05) is 63.2 Å². The van der Waals surface area contributed by atoms with Gasteiger partial charge in [-0.25, -0.2) is 12.7 Å². The van der Waals surface area contributed by atoms with Crippen molar-refractivity contribution in [1.29, 1.82) is 0 Å². The highest BCUT2D eigenvalue weighted by atomic mass is 35.5. The van der Waals surface area contributed by atoms with Gasteiger partial charge in [0.15, 0.2) is 0 Å². The van der Waals surface area contributed by atoms with E-state index < -0.39 is 21.6 Å². The Labute approximate surface area is 243 Å². The highest BCUT2D eigenvalue weighted by molar-refractivity contribution is 7.89. The molecule has 3 aromatic carbocycles. The smallest absolute Gasteiger partial charge is 0.243 e. The molecule has 0 unspecified atom stereocenters. The number of hydrogen-bond acceptors (Lipinski definition) is 4. The van der Waals surface area contributed by atoms with Crippen LogP contribution in [-0.2, 0) is 32.6 Å². The molecule has 0 saturated heterocycles. The number of benzene rings is 3. The van der Waals surface area contributed by atoms with E-state index in [4.69, 9.17) is 11.6 Å². The number of carbonyl (C=O) groups excluding carboxylic acids is 2. The average Bonchev–Trinajstić information content (AvgIpc) is 2.90. The van der Waals surface area contributed by atoms with Crippen molar-refractivity contribution in [3.8, 4) is 0 Å². The molecule has 1 atom stereocenters. The van der Waals surface area contributed by atoms with Gasteiger partial charge in [-0.3, -0.25) is 9.59 Å². The van der Waals surface area contributed by atoms with Crippen LogP contribution in [0, 0.1) is 0 Å². The van der Waals surface area contributed by atoms with Crippen molar-refractivity contribution < 1.29 is 18.0 Å². The van der Waals surface area contributed by atoms with Crippen molar-refractivity contribution in [2.45, 2.75) is 63.1 Å². The summed E-state index contributed by atoms with van der Waals surface area (Å²) >= 11 is 6.23. The van der Waals surface area contributed by atoms with Crippen LogP contribution in [0.3, 0.4) is 0 Å². The molecule has 3 rings (SSSR count). The lowest BCUT2D eigenvalue weighted by atomic mass is 10.00. The third kappa shape index (κ3) is 9.18. The molecule has 0 fully saturated rings. The van der Waals surface area contributed by atoms with E-state index >= 15 is 0 Å². The second-order valence-corrected chi connectivity index (χ2v) is 13.3. The molecule has 1 N–H and O–H groups in total. The first-order chi connectivity index (χ1) is 18.9. The summed E-state index contributed by atoms with van der Waals surface area (Å²) in [6, 6.07) is 24.2. The summed E-state index contributed by atoms with van der Waals surface area (Å²) in [7, 11) is -2.17. The number of sulfonamides is 1. The van der Waals surface area contributed by atoms with Gasteiger partial charge in [0.25, 0.3) is 0 Å². The van der Waals surface area contributed by atoms with Crippen LogP contribution in [0.4, 0.5) is 0 Å². The molecular weight excluding hydrogens is 546 g/mol. The Morgan fingerprint density at radius 2 is 1.50 bits per heavy atom. The number of halogens is 1. The first-order valence-electron chi connectivity index (χ1n) is 13.3. The van der Waals surface area contributed by atoms with E-state index in [0.717, 1.165) is 11.1 Å². The summed E-state index contributed by atoms with van der Waals surface area (Å²) in [5, 5.41) is 3.58. The minimum Gasteiger partial charge on any atom is -0.350 e. The second-order valence-electron chi connectivity index (χ2n) is 10.8. The predicted molar refractivity (Wildman–Crippen MR) is 159 cm³/mol. The van der Waals surface area contributed by atoms with Gasteiger partial charge in [0.2, 0.25) is 21.8 Å². The molecule has 0 aliphatic rings. The molecule has 7 nitrogen and oxygen atoms in total. The number of nitrogens with zero attached hydrogens (tertiary/aromatic N) is 2. The Morgan fingerprint density at radius 3 is 2.10 bits per heavy atom.